The first kappa shape index (κ1) is 15.4. The number of hydrogen-bond acceptors (Lipinski definition) is 2. The summed E-state index contributed by atoms with van der Waals surface area (Å²) in [5.41, 5.74) is 1.82. The molecule has 1 nitrogen and oxygen atoms in total. The maximum Gasteiger partial charge on any atom is 0.127 e. The molecule has 1 atom stereocenters. The lowest BCUT2D eigenvalue weighted by molar-refractivity contribution is 0.554. The molecule has 1 N–H and O–H groups in total. The predicted molar refractivity (Wildman–Crippen MR) is 85.1 cm³/mol. The van der Waals surface area contributed by atoms with Gasteiger partial charge in [0.15, 0.2) is 0 Å². The zero-order chi connectivity index (χ0) is 14.5. The van der Waals surface area contributed by atoms with Crippen molar-refractivity contribution in [2.24, 2.45) is 0 Å². The molecule has 2 aromatic carbocycles. The monoisotopic (exact) mass is 309 g/mol. The summed E-state index contributed by atoms with van der Waals surface area (Å²) in [5, 5.41) is 3.67. The van der Waals surface area contributed by atoms with Crippen LogP contribution in [0.25, 0.3) is 0 Å². The molecule has 0 bridgehead atoms. The van der Waals surface area contributed by atoms with Gasteiger partial charge in [-0.2, -0.15) is 0 Å². The predicted octanol–water partition coefficient (Wildman–Crippen LogP) is 4.70. The Labute approximate surface area is 128 Å². The van der Waals surface area contributed by atoms with Crippen LogP contribution in [0.15, 0.2) is 47.4 Å². The van der Waals surface area contributed by atoms with Crippen molar-refractivity contribution >= 4 is 23.4 Å². The van der Waals surface area contributed by atoms with E-state index in [1.165, 1.54) is 11.0 Å². The van der Waals surface area contributed by atoms with Crippen LogP contribution in [-0.4, -0.2) is 13.3 Å². The van der Waals surface area contributed by atoms with Crippen LogP contribution in [0.2, 0.25) is 5.02 Å². The summed E-state index contributed by atoms with van der Waals surface area (Å²) in [6.07, 6.45) is 2.64. The molecule has 0 amide bonds. The van der Waals surface area contributed by atoms with Crippen LogP contribution in [0.1, 0.15) is 17.2 Å². The normalized spacial score (nSPS) is 12.4. The van der Waals surface area contributed by atoms with Crippen LogP contribution < -0.4 is 5.32 Å². The van der Waals surface area contributed by atoms with E-state index in [0.717, 1.165) is 5.56 Å². The van der Waals surface area contributed by atoms with Gasteiger partial charge in [-0.3, -0.25) is 0 Å². The Kier molecular flexibility index (Phi) is 5.46. The van der Waals surface area contributed by atoms with Crippen molar-refractivity contribution in [2.45, 2.75) is 17.4 Å². The molecule has 0 fully saturated rings. The molecule has 0 saturated heterocycles. The number of halogens is 2. The molecule has 0 aliphatic rings. The van der Waals surface area contributed by atoms with Crippen molar-refractivity contribution in [1.29, 1.82) is 0 Å². The van der Waals surface area contributed by atoms with Gasteiger partial charge in [0.05, 0.1) is 0 Å². The Balaban J connectivity index is 2.19. The molecule has 0 saturated carbocycles. The molecule has 0 heterocycles. The third kappa shape index (κ3) is 3.75. The minimum Gasteiger partial charge on any atom is -0.313 e. The quantitative estimate of drug-likeness (QED) is 0.803. The first-order valence-corrected chi connectivity index (χ1v) is 7.99. The summed E-state index contributed by atoms with van der Waals surface area (Å²) in [5.74, 6) is -0.251. The van der Waals surface area contributed by atoms with Gasteiger partial charge in [0.1, 0.15) is 5.82 Å². The van der Waals surface area contributed by atoms with Crippen molar-refractivity contribution in [2.75, 3.05) is 13.3 Å². The first-order valence-electron chi connectivity index (χ1n) is 6.39. The highest BCUT2D eigenvalue weighted by Gasteiger charge is 2.13. The van der Waals surface area contributed by atoms with Gasteiger partial charge in [-0.25, -0.2) is 4.39 Å². The topological polar surface area (TPSA) is 12.0 Å². The maximum absolute atomic E-state index is 13.9. The Bertz CT molecular complexity index is 571. The maximum atomic E-state index is 13.9. The fourth-order valence-corrected chi connectivity index (χ4v) is 2.70. The zero-order valence-electron chi connectivity index (χ0n) is 11.5. The van der Waals surface area contributed by atoms with E-state index in [2.05, 4.69) is 29.6 Å². The van der Waals surface area contributed by atoms with E-state index in [4.69, 9.17) is 11.6 Å². The molecule has 106 valence electrons. The Morgan fingerprint density at radius 3 is 2.45 bits per heavy atom. The number of nitrogens with one attached hydrogen (secondary N) is 1. The highest BCUT2D eigenvalue weighted by Crippen LogP contribution is 2.24. The fourth-order valence-electron chi connectivity index (χ4n) is 2.13. The molecule has 0 aromatic heterocycles. The SMILES string of the molecule is CNC(Cc1ccc(Cl)cc1F)c1ccc(SC)cc1. The molecular weight excluding hydrogens is 293 g/mol. The van der Waals surface area contributed by atoms with Gasteiger partial charge < -0.3 is 5.32 Å². The summed E-state index contributed by atoms with van der Waals surface area (Å²) in [7, 11) is 1.89. The standard InChI is InChI=1S/C16H17ClFNS/c1-19-16(11-4-7-14(20-2)8-5-11)9-12-3-6-13(17)10-15(12)18/h3-8,10,16,19H,9H2,1-2H3. The summed E-state index contributed by atoms with van der Waals surface area (Å²) in [4.78, 5) is 1.22. The van der Waals surface area contributed by atoms with Crippen molar-refractivity contribution in [3.05, 3.63) is 64.4 Å². The molecule has 0 spiro atoms. The Morgan fingerprint density at radius 1 is 1.20 bits per heavy atom. The minimum atomic E-state index is -0.251. The number of hydrogen-bond donors (Lipinski definition) is 1. The van der Waals surface area contributed by atoms with Crippen LogP contribution in [0, 0.1) is 5.82 Å². The largest absolute Gasteiger partial charge is 0.313 e. The van der Waals surface area contributed by atoms with Crippen LogP contribution in [-0.2, 0) is 6.42 Å². The van der Waals surface area contributed by atoms with Crippen molar-refractivity contribution in [3.8, 4) is 0 Å². The lowest BCUT2D eigenvalue weighted by Gasteiger charge is -2.17. The lowest BCUT2D eigenvalue weighted by Crippen LogP contribution is -2.19. The van der Waals surface area contributed by atoms with Crippen LogP contribution in [0.3, 0.4) is 0 Å². The second-order valence-corrected chi connectivity index (χ2v) is 5.87. The van der Waals surface area contributed by atoms with E-state index in [1.807, 2.05) is 13.3 Å². The number of likely N-dealkylation sites (N-methyl/N-ethyl adjacent to an activating group) is 1. The molecular formula is C16H17ClFNS. The van der Waals surface area contributed by atoms with Crippen LogP contribution >= 0.6 is 23.4 Å². The van der Waals surface area contributed by atoms with Gasteiger partial charge >= 0.3 is 0 Å². The van der Waals surface area contributed by atoms with Crippen molar-refractivity contribution in [1.82, 2.24) is 5.32 Å². The number of benzene rings is 2. The second kappa shape index (κ2) is 7.11. The summed E-state index contributed by atoms with van der Waals surface area (Å²) in [6, 6.07) is 13.3. The Morgan fingerprint density at radius 2 is 1.90 bits per heavy atom. The number of thioether (sulfide) groups is 1. The summed E-state index contributed by atoms with van der Waals surface area (Å²) in [6.45, 7) is 0. The average molecular weight is 310 g/mol. The van der Waals surface area contributed by atoms with Gasteiger partial charge in [-0.15, -0.1) is 11.8 Å². The third-order valence-electron chi connectivity index (χ3n) is 3.31. The fraction of sp³-hybridized carbons (Fsp3) is 0.250. The molecule has 0 aliphatic heterocycles. The van der Waals surface area contributed by atoms with E-state index in [1.54, 1.807) is 23.9 Å². The van der Waals surface area contributed by atoms with Gasteiger partial charge in [-0.1, -0.05) is 29.8 Å². The van der Waals surface area contributed by atoms with E-state index in [-0.39, 0.29) is 11.9 Å². The molecule has 20 heavy (non-hydrogen) atoms. The van der Waals surface area contributed by atoms with Crippen molar-refractivity contribution < 1.29 is 4.39 Å². The van der Waals surface area contributed by atoms with Gasteiger partial charge in [-0.05, 0) is 55.1 Å². The van der Waals surface area contributed by atoms with E-state index in [0.29, 0.717) is 17.0 Å². The average Bonchev–Trinajstić information content (AvgIpc) is 2.47. The molecule has 2 aromatic rings. The summed E-state index contributed by atoms with van der Waals surface area (Å²) < 4.78 is 13.9. The van der Waals surface area contributed by atoms with E-state index in [9.17, 15) is 4.39 Å². The third-order valence-corrected chi connectivity index (χ3v) is 4.28. The Hall–Kier alpha value is -1.03. The smallest absolute Gasteiger partial charge is 0.127 e. The zero-order valence-corrected chi connectivity index (χ0v) is 13.1. The highest BCUT2D eigenvalue weighted by molar-refractivity contribution is 7.98. The van der Waals surface area contributed by atoms with Gasteiger partial charge in [0.25, 0.3) is 0 Å². The molecule has 4 heteroatoms. The van der Waals surface area contributed by atoms with E-state index >= 15 is 0 Å². The lowest BCUT2D eigenvalue weighted by atomic mass is 9.99. The second-order valence-electron chi connectivity index (χ2n) is 4.55. The summed E-state index contributed by atoms with van der Waals surface area (Å²) >= 11 is 7.49. The van der Waals surface area contributed by atoms with Crippen molar-refractivity contribution in [3.63, 3.8) is 0 Å². The van der Waals surface area contributed by atoms with Gasteiger partial charge in [0, 0.05) is 16.0 Å². The molecule has 1 unspecified atom stereocenters. The van der Waals surface area contributed by atoms with Crippen LogP contribution in [0.4, 0.5) is 4.39 Å². The number of rotatable bonds is 5. The van der Waals surface area contributed by atoms with Gasteiger partial charge in [0.2, 0.25) is 0 Å². The molecule has 0 radical (unpaired) electrons. The van der Waals surface area contributed by atoms with E-state index < -0.39 is 0 Å². The highest BCUT2D eigenvalue weighted by atomic mass is 35.5. The molecule has 2 rings (SSSR count). The first-order chi connectivity index (χ1) is 9.63. The van der Waals surface area contributed by atoms with Crippen LogP contribution in [0.5, 0.6) is 0 Å². The molecule has 0 aliphatic carbocycles. The minimum absolute atomic E-state index is 0.0848.